The SMILES string of the molecule is Cc1ccc2c(c1)OC(=O)CN2CC(=O)NC1CCCCC1C. The highest BCUT2D eigenvalue weighted by atomic mass is 16.5. The number of esters is 1. The standard InChI is InChI=1S/C18H24N2O3/c1-12-7-8-15-16(9-12)23-18(22)11-20(15)10-17(21)19-14-6-4-3-5-13(14)2/h7-9,13-14H,3-6,10-11H2,1-2H3,(H,19,21). The zero-order chi connectivity index (χ0) is 16.4. The Morgan fingerprint density at radius 3 is 2.91 bits per heavy atom. The average Bonchev–Trinajstić information content (AvgIpc) is 2.49. The molecule has 0 radical (unpaired) electrons. The first-order valence-corrected chi connectivity index (χ1v) is 8.38. The van der Waals surface area contributed by atoms with Crippen LogP contribution >= 0.6 is 0 Å². The maximum atomic E-state index is 12.4. The second kappa shape index (κ2) is 6.60. The number of carbonyl (C=O) groups excluding carboxylic acids is 2. The summed E-state index contributed by atoms with van der Waals surface area (Å²) in [5.41, 5.74) is 1.83. The van der Waals surface area contributed by atoms with E-state index in [4.69, 9.17) is 4.74 Å². The summed E-state index contributed by atoms with van der Waals surface area (Å²) in [6.07, 6.45) is 4.64. The van der Waals surface area contributed by atoms with Crippen molar-refractivity contribution in [3.05, 3.63) is 23.8 Å². The molecule has 2 unspecified atom stereocenters. The molecule has 1 N–H and O–H groups in total. The van der Waals surface area contributed by atoms with Gasteiger partial charge in [0.05, 0.1) is 12.2 Å². The van der Waals surface area contributed by atoms with Gasteiger partial charge in [0.15, 0.2) is 5.75 Å². The van der Waals surface area contributed by atoms with Crippen LogP contribution in [-0.2, 0) is 9.59 Å². The number of nitrogens with zero attached hydrogens (tertiary/aromatic N) is 1. The van der Waals surface area contributed by atoms with Crippen LogP contribution in [-0.4, -0.2) is 31.0 Å². The van der Waals surface area contributed by atoms with Gasteiger partial charge in [-0.3, -0.25) is 4.79 Å². The second-order valence-electron chi connectivity index (χ2n) is 6.74. The molecule has 1 aliphatic heterocycles. The zero-order valence-corrected chi connectivity index (χ0v) is 13.8. The summed E-state index contributed by atoms with van der Waals surface area (Å²) in [6.45, 7) is 4.45. The van der Waals surface area contributed by atoms with Crippen molar-refractivity contribution in [1.29, 1.82) is 0 Å². The van der Waals surface area contributed by atoms with E-state index < -0.39 is 0 Å². The highest BCUT2D eigenvalue weighted by Crippen LogP contribution is 2.32. The molecule has 23 heavy (non-hydrogen) atoms. The molecule has 2 aliphatic rings. The first kappa shape index (κ1) is 15.8. The first-order valence-electron chi connectivity index (χ1n) is 8.38. The molecule has 3 rings (SSSR count). The third kappa shape index (κ3) is 3.66. The van der Waals surface area contributed by atoms with E-state index in [0.29, 0.717) is 11.7 Å². The van der Waals surface area contributed by atoms with Crippen LogP contribution in [0, 0.1) is 12.8 Å². The Kier molecular flexibility index (Phi) is 4.55. The molecule has 0 aromatic heterocycles. The fourth-order valence-electron chi connectivity index (χ4n) is 3.46. The van der Waals surface area contributed by atoms with Gasteiger partial charge in [0.1, 0.15) is 6.54 Å². The van der Waals surface area contributed by atoms with Crippen LogP contribution < -0.4 is 15.0 Å². The van der Waals surface area contributed by atoms with E-state index in [0.717, 1.165) is 17.7 Å². The highest BCUT2D eigenvalue weighted by molar-refractivity contribution is 5.89. The molecule has 5 heteroatoms. The van der Waals surface area contributed by atoms with Gasteiger partial charge in [0.25, 0.3) is 0 Å². The number of aryl methyl sites for hydroxylation is 1. The number of anilines is 1. The summed E-state index contributed by atoms with van der Waals surface area (Å²) in [6, 6.07) is 5.96. The molecule has 1 amide bonds. The molecule has 2 atom stereocenters. The number of nitrogens with one attached hydrogen (secondary N) is 1. The van der Waals surface area contributed by atoms with Crippen molar-refractivity contribution in [2.75, 3.05) is 18.0 Å². The molecular formula is C18H24N2O3. The molecule has 0 spiro atoms. The monoisotopic (exact) mass is 316 g/mol. The minimum absolute atomic E-state index is 0.0232. The van der Waals surface area contributed by atoms with Crippen LogP contribution in [0.3, 0.4) is 0 Å². The van der Waals surface area contributed by atoms with Crippen LogP contribution in [0.15, 0.2) is 18.2 Å². The predicted molar refractivity (Wildman–Crippen MR) is 88.6 cm³/mol. The van der Waals surface area contributed by atoms with Crippen LogP contribution in [0.4, 0.5) is 5.69 Å². The molecule has 1 aromatic carbocycles. The fraction of sp³-hybridized carbons (Fsp3) is 0.556. The first-order chi connectivity index (χ1) is 11.0. The summed E-state index contributed by atoms with van der Waals surface area (Å²) in [5.74, 6) is 0.723. The van der Waals surface area contributed by atoms with Gasteiger partial charge in [0.2, 0.25) is 5.91 Å². The quantitative estimate of drug-likeness (QED) is 0.687. The minimum Gasteiger partial charge on any atom is -0.423 e. The van der Waals surface area contributed by atoms with Gasteiger partial charge in [-0.1, -0.05) is 25.8 Å². The molecule has 5 nitrogen and oxygen atoms in total. The van der Waals surface area contributed by atoms with Crippen molar-refractivity contribution in [2.45, 2.75) is 45.6 Å². The van der Waals surface area contributed by atoms with E-state index >= 15 is 0 Å². The van der Waals surface area contributed by atoms with E-state index in [2.05, 4.69) is 12.2 Å². The van der Waals surface area contributed by atoms with Gasteiger partial charge < -0.3 is 15.0 Å². The van der Waals surface area contributed by atoms with E-state index in [-0.39, 0.29) is 31.0 Å². The van der Waals surface area contributed by atoms with Crippen molar-refractivity contribution in [1.82, 2.24) is 5.32 Å². The van der Waals surface area contributed by atoms with Crippen LogP contribution in [0.5, 0.6) is 5.75 Å². The number of rotatable bonds is 3. The number of hydrogen-bond acceptors (Lipinski definition) is 4. The normalized spacial score (nSPS) is 23.9. The molecule has 1 fully saturated rings. The summed E-state index contributed by atoms with van der Waals surface area (Å²) >= 11 is 0. The Balaban J connectivity index is 1.68. The van der Waals surface area contributed by atoms with Crippen molar-refractivity contribution in [3.8, 4) is 5.75 Å². The largest absolute Gasteiger partial charge is 0.423 e. The van der Waals surface area contributed by atoms with Gasteiger partial charge in [-0.05, 0) is 43.4 Å². The number of amides is 1. The molecule has 0 saturated heterocycles. The molecule has 1 aromatic rings. The van der Waals surface area contributed by atoms with Gasteiger partial charge in [-0.25, -0.2) is 4.79 Å². The molecular weight excluding hydrogens is 292 g/mol. The summed E-state index contributed by atoms with van der Waals surface area (Å²) in [4.78, 5) is 26.0. The maximum Gasteiger partial charge on any atom is 0.331 e. The van der Waals surface area contributed by atoms with Crippen molar-refractivity contribution < 1.29 is 14.3 Å². The van der Waals surface area contributed by atoms with Gasteiger partial charge in [0, 0.05) is 6.04 Å². The van der Waals surface area contributed by atoms with E-state index in [9.17, 15) is 9.59 Å². The Labute approximate surface area is 137 Å². The van der Waals surface area contributed by atoms with E-state index in [1.54, 1.807) is 4.90 Å². The summed E-state index contributed by atoms with van der Waals surface area (Å²) in [5, 5.41) is 3.14. The van der Waals surface area contributed by atoms with Crippen LogP contribution in [0.2, 0.25) is 0 Å². The highest BCUT2D eigenvalue weighted by Gasteiger charge is 2.28. The summed E-state index contributed by atoms with van der Waals surface area (Å²) < 4.78 is 5.28. The second-order valence-corrected chi connectivity index (χ2v) is 6.74. The Hall–Kier alpha value is -2.04. The third-order valence-corrected chi connectivity index (χ3v) is 4.79. The molecule has 0 bridgehead atoms. The van der Waals surface area contributed by atoms with E-state index in [1.165, 1.54) is 19.3 Å². The van der Waals surface area contributed by atoms with Crippen molar-refractivity contribution in [2.24, 2.45) is 5.92 Å². The Morgan fingerprint density at radius 2 is 2.13 bits per heavy atom. The molecule has 1 saturated carbocycles. The minimum atomic E-state index is -0.318. The molecule has 124 valence electrons. The lowest BCUT2D eigenvalue weighted by atomic mass is 9.86. The lowest BCUT2D eigenvalue weighted by Crippen LogP contribution is -2.48. The number of benzene rings is 1. The predicted octanol–water partition coefficient (Wildman–Crippen LogP) is 2.42. The average molecular weight is 316 g/mol. The lowest BCUT2D eigenvalue weighted by molar-refractivity contribution is -0.133. The Morgan fingerprint density at radius 1 is 1.35 bits per heavy atom. The third-order valence-electron chi connectivity index (χ3n) is 4.79. The number of fused-ring (bicyclic) bond motifs is 1. The van der Waals surface area contributed by atoms with Crippen molar-refractivity contribution in [3.63, 3.8) is 0 Å². The van der Waals surface area contributed by atoms with Crippen LogP contribution in [0.1, 0.15) is 38.2 Å². The topological polar surface area (TPSA) is 58.6 Å². The zero-order valence-electron chi connectivity index (χ0n) is 13.8. The number of ether oxygens (including phenoxy) is 1. The molecule has 1 heterocycles. The maximum absolute atomic E-state index is 12.4. The molecule has 1 aliphatic carbocycles. The number of hydrogen-bond donors (Lipinski definition) is 1. The fourth-order valence-corrected chi connectivity index (χ4v) is 3.46. The lowest BCUT2D eigenvalue weighted by Gasteiger charge is -2.32. The van der Waals surface area contributed by atoms with Gasteiger partial charge >= 0.3 is 5.97 Å². The number of carbonyl (C=O) groups is 2. The van der Waals surface area contributed by atoms with Gasteiger partial charge in [-0.15, -0.1) is 0 Å². The summed E-state index contributed by atoms with van der Waals surface area (Å²) in [7, 11) is 0. The smallest absolute Gasteiger partial charge is 0.331 e. The van der Waals surface area contributed by atoms with E-state index in [1.807, 2.05) is 25.1 Å². The van der Waals surface area contributed by atoms with Gasteiger partial charge in [-0.2, -0.15) is 0 Å². The Bertz CT molecular complexity index is 614. The van der Waals surface area contributed by atoms with Crippen LogP contribution in [0.25, 0.3) is 0 Å². The van der Waals surface area contributed by atoms with Crippen molar-refractivity contribution >= 4 is 17.6 Å².